The highest BCUT2D eigenvalue weighted by atomic mass is 32.2. The fourth-order valence-electron chi connectivity index (χ4n) is 1.34. The van der Waals surface area contributed by atoms with Crippen LogP contribution in [0.15, 0.2) is 17.5 Å². The van der Waals surface area contributed by atoms with E-state index in [0.717, 1.165) is 9.75 Å². The summed E-state index contributed by atoms with van der Waals surface area (Å²) in [5, 5.41) is 9.56. The van der Waals surface area contributed by atoms with Crippen LogP contribution in [-0.4, -0.2) is 18.7 Å². The molecule has 0 saturated heterocycles. The molecule has 0 aliphatic rings. The number of nitriles is 1. The molecule has 3 N–H and O–H groups in total. The number of anilines is 1. The minimum Gasteiger partial charge on any atom is -0.326 e. The van der Waals surface area contributed by atoms with E-state index in [2.05, 4.69) is 9.71 Å². The van der Waals surface area contributed by atoms with Crippen LogP contribution in [0.25, 0.3) is 10.6 Å². The van der Waals surface area contributed by atoms with E-state index in [1.54, 1.807) is 11.4 Å². The zero-order valence-corrected chi connectivity index (χ0v) is 13.0. The first-order chi connectivity index (χ1) is 9.46. The third kappa shape index (κ3) is 3.16. The summed E-state index contributed by atoms with van der Waals surface area (Å²) in [6, 6.07) is 5.51. The molecule has 0 fully saturated rings. The number of thiazole rings is 1. The molecule has 2 rings (SSSR count). The topological polar surface area (TPSA) is 109 Å². The van der Waals surface area contributed by atoms with Gasteiger partial charge in [0.2, 0.25) is 0 Å². The average molecular weight is 328 g/mol. The third-order valence-electron chi connectivity index (χ3n) is 2.50. The van der Waals surface area contributed by atoms with Gasteiger partial charge >= 0.3 is 0 Å². The van der Waals surface area contributed by atoms with Crippen LogP contribution in [0.5, 0.6) is 0 Å². The fraction of sp³-hybridized carbons (Fsp3) is 0.273. The van der Waals surface area contributed by atoms with Crippen LogP contribution < -0.4 is 10.5 Å². The SMILES string of the molecule is CC(C#N)S(=O)(=O)Nc1nc(-c2ccc(CN)s2)cs1. The summed E-state index contributed by atoms with van der Waals surface area (Å²) < 4.78 is 25.8. The van der Waals surface area contributed by atoms with Crippen molar-refractivity contribution in [2.75, 3.05) is 4.72 Å². The van der Waals surface area contributed by atoms with Gasteiger partial charge in [-0.05, 0) is 19.1 Å². The second kappa shape index (κ2) is 5.88. The zero-order chi connectivity index (χ0) is 14.8. The lowest BCUT2D eigenvalue weighted by atomic mass is 10.4. The highest BCUT2D eigenvalue weighted by Crippen LogP contribution is 2.31. The predicted molar refractivity (Wildman–Crippen MR) is 80.9 cm³/mol. The van der Waals surface area contributed by atoms with Crippen molar-refractivity contribution in [3.63, 3.8) is 0 Å². The van der Waals surface area contributed by atoms with E-state index in [1.165, 1.54) is 29.6 Å². The largest absolute Gasteiger partial charge is 0.326 e. The van der Waals surface area contributed by atoms with Gasteiger partial charge in [0, 0.05) is 16.8 Å². The minimum absolute atomic E-state index is 0.254. The Morgan fingerprint density at radius 2 is 2.30 bits per heavy atom. The Bertz CT molecular complexity index is 742. The lowest BCUT2D eigenvalue weighted by Gasteiger charge is -2.05. The Hall–Kier alpha value is -1.47. The molecule has 2 heterocycles. The summed E-state index contributed by atoms with van der Waals surface area (Å²) in [5.74, 6) is 0. The summed E-state index contributed by atoms with van der Waals surface area (Å²) in [4.78, 5) is 6.18. The molecular weight excluding hydrogens is 316 g/mol. The van der Waals surface area contributed by atoms with Gasteiger partial charge in [-0.25, -0.2) is 13.4 Å². The third-order valence-corrected chi connectivity index (χ3v) is 6.03. The molecule has 9 heteroatoms. The number of sulfonamides is 1. The minimum atomic E-state index is -3.71. The number of hydrogen-bond acceptors (Lipinski definition) is 7. The van der Waals surface area contributed by atoms with Gasteiger partial charge < -0.3 is 5.73 Å². The molecule has 106 valence electrons. The molecule has 20 heavy (non-hydrogen) atoms. The molecule has 0 aromatic carbocycles. The standard InChI is InChI=1S/C11H12N4O2S3/c1-7(4-12)20(16,17)15-11-14-9(6-18-11)10-3-2-8(5-13)19-10/h2-3,6-7H,5,13H2,1H3,(H,14,15). The number of aromatic nitrogens is 1. The van der Waals surface area contributed by atoms with Crippen LogP contribution in [0, 0.1) is 11.3 Å². The Labute approximate surface area is 124 Å². The van der Waals surface area contributed by atoms with Gasteiger partial charge in [0.1, 0.15) is 0 Å². The maximum atomic E-state index is 11.7. The predicted octanol–water partition coefficient (Wildman–Crippen LogP) is 1.98. The van der Waals surface area contributed by atoms with E-state index in [0.29, 0.717) is 12.2 Å². The molecule has 2 aromatic heterocycles. The average Bonchev–Trinajstić information content (AvgIpc) is 3.05. The van der Waals surface area contributed by atoms with Crippen molar-refractivity contribution in [3.8, 4) is 16.6 Å². The Morgan fingerprint density at radius 3 is 2.90 bits per heavy atom. The quantitative estimate of drug-likeness (QED) is 0.872. The molecule has 0 amide bonds. The molecule has 2 aromatic rings. The van der Waals surface area contributed by atoms with Gasteiger partial charge in [-0.3, -0.25) is 4.72 Å². The normalized spacial score (nSPS) is 12.8. The monoisotopic (exact) mass is 328 g/mol. The van der Waals surface area contributed by atoms with Gasteiger partial charge in [0.05, 0.1) is 16.6 Å². The smallest absolute Gasteiger partial charge is 0.250 e. The van der Waals surface area contributed by atoms with Crippen molar-refractivity contribution in [1.82, 2.24) is 4.98 Å². The first-order valence-electron chi connectivity index (χ1n) is 5.62. The maximum absolute atomic E-state index is 11.7. The summed E-state index contributed by atoms with van der Waals surface area (Å²) >= 11 is 2.70. The van der Waals surface area contributed by atoms with Crippen molar-refractivity contribution in [3.05, 3.63) is 22.4 Å². The van der Waals surface area contributed by atoms with Crippen molar-refractivity contribution >= 4 is 37.8 Å². The first-order valence-corrected chi connectivity index (χ1v) is 8.86. The van der Waals surface area contributed by atoms with Crippen LogP contribution in [0.2, 0.25) is 0 Å². The van der Waals surface area contributed by atoms with Crippen molar-refractivity contribution < 1.29 is 8.42 Å². The van der Waals surface area contributed by atoms with Gasteiger partial charge in [-0.15, -0.1) is 22.7 Å². The molecule has 6 nitrogen and oxygen atoms in total. The summed E-state index contributed by atoms with van der Waals surface area (Å²) in [5.41, 5.74) is 6.24. The number of nitrogens with two attached hydrogens (primary N) is 1. The Balaban J connectivity index is 2.20. The molecule has 1 unspecified atom stereocenters. The van der Waals surface area contributed by atoms with E-state index in [1.807, 2.05) is 12.1 Å². The lowest BCUT2D eigenvalue weighted by Crippen LogP contribution is -2.23. The molecule has 0 radical (unpaired) electrons. The molecule has 0 aliphatic carbocycles. The number of nitrogens with one attached hydrogen (secondary N) is 1. The van der Waals surface area contributed by atoms with Crippen LogP contribution >= 0.6 is 22.7 Å². The maximum Gasteiger partial charge on any atom is 0.250 e. The lowest BCUT2D eigenvalue weighted by molar-refractivity contribution is 0.597. The highest BCUT2D eigenvalue weighted by molar-refractivity contribution is 7.93. The number of thiophene rings is 1. The number of nitrogens with zero attached hydrogens (tertiary/aromatic N) is 2. The van der Waals surface area contributed by atoms with Gasteiger partial charge in [-0.2, -0.15) is 5.26 Å². The fourth-order valence-corrected chi connectivity index (χ4v) is 3.96. The zero-order valence-electron chi connectivity index (χ0n) is 10.5. The number of rotatable bonds is 5. The second-order valence-electron chi connectivity index (χ2n) is 3.93. The Morgan fingerprint density at radius 1 is 1.55 bits per heavy atom. The van der Waals surface area contributed by atoms with E-state index in [-0.39, 0.29) is 5.13 Å². The summed E-state index contributed by atoms with van der Waals surface area (Å²) in [7, 11) is -3.71. The summed E-state index contributed by atoms with van der Waals surface area (Å²) in [6.07, 6.45) is 0. The van der Waals surface area contributed by atoms with Gasteiger partial charge in [0.15, 0.2) is 10.4 Å². The van der Waals surface area contributed by atoms with Crippen LogP contribution in [0.3, 0.4) is 0 Å². The molecule has 0 bridgehead atoms. The van der Waals surface area contributed by atoms with Crippen molar-refractivity contribution in [2.24, 2.45) is 5.73 Å². The summed E-state index contributed by atoms with van der Waals surface area (Å²) in [6.45, 7) is 1.79. The first kappa shape index (κ1) is 14.9. The van der Waals surface area contributed by atoms with Crippen molar-refractivity contribution in [2.45, 2.75) is 18.7 Å². The molecule has 1 atom stereocenters. The number of hydrogen-bond donors (Lipinski definition) is 2. The molecule has 0 spiro atoms. The highest BCUT2D eigenvalue weighted by Gasteiger charge is 2.21. The van der Waals surface area contributed by atoms with E-state index < -0.39 is 15.3 Å². The van der Waals surface area contributed by atoms with Gasteiger partial charge in [0.25, 0.3) is 10.0 Å². The van der Waals surface area contributed by atoms with Crippen molar-refractivity contribution in [1.29, 1.82) is 5.26 Å². The molecular formula is C11H12N4O2S3. The van der Waals surface area contributed by atoms with E-state index in [9.17, 15) is 8.42 Å². The van der Waals surface area contributed by atoms with Gasteiger partial charge in [-0.1, -0.05) is 0 Å². The molecule has 0 saturated carbocycles. The van der Waals surface area contributed by atoms with E-state index >= 15 is 0 Å². The second-order valence-corrected chi connectivity index (χ2v) is 7.95. The van der Waals surface area contributed by atoms with E-state index in [4.69, 9.17) is 11.0 Å². The Kier molecular flexibility index (Phi) is 4.39. The van der Waals surface area contributed by atoms with Crippen LogP contribution in [0.1, 0.15) is 11.8 Å². The van der Waals surface area contributed by atoms with Crippen LogP contribution in [-0.2, 0) is 16.6 Å². The van der Waals surface area contributed by atoms with Crippen LogP contribution in [0.4, 0.5) is 5.13 Å². The molecule has 0 aliphatic heterocycles.